The van der Waals surface area contributed by atoms with E-state index in [-0.39, 0.29) is 5.15 Å². The maximum Gasteiger partial charge on any atom is 0.267 e. The summed E-state index contributed by atoms with van der Waals surface area (Å²) in [5.74, 6) is 1.44. The van der Waals surface area contributed by atoms with Crippen LogP contribution < -0.4 is 9.47 Å². The van der Waals surface area contributed by atoms with Crippen molar-refractivity contribution < 1.29 is 9.47 Å². The maximum absolute atomic E-state index is 5.95. The van der Waals surface area contributed by atoms with Gasteiger partial charge in [0.05, 0.1) is 7.11 Å². The van der Waals surface area contributed by atoms with Crippen LogP contribution in [0, 0.1) is 0 Å². The molecule has 0 atom stereocenters. The molecule has 0 amide bonds. The highest BCUT2D eigenvalue weighted by Crippen LogP contribution is 2.35. The highest BCUT2D eigenvalue weighted by Gasteiger charge is 2.14. The molecule has 2 aromatic rings. The zero-order valence-corrected chi connectivity index (χ0v) is 12.0. The first-order valence-corrected chi connectivity index (χ1v) is 7.00. The zero-order valence-electron chi connectivity index (χ0n) is 11.2. The van der Waals surface area contributed by atoms with Gasteiger partial charge >= 0.3 is 0 Å². The molecule has 1 aliphatic carbocycles. The lowest BCUT2D eigenvalue weighted by Crippen LogP contribution is -2.02. The van der Waals surface area contributed by atoms with Crippen LogP contribution in [0.3, 0.4) is 0 Å². The summed E-state index contributed by atoms with van der Waals surface area (Å²) in [5.41, 5.74) is 2.77. The number of aromatic nitrogens is 2. The van der Waals surface area contributed by atoms with E-state index in [2.05, 4.69) is 22.1 Å². The van der Waals surface area contributed by atoms with Gasteiger partial charge in [0.25, 0.3) is 5.88 Å². The van der Waals surface area contributed by atoms with Crippen LogP contribution in [0.25, 0.3) is 0 Å². The van der Waals surface area contributed by atoms with Gasteiger partial charge in [0.15, 0.2) is 5.15 Å². The number of hydrogen-bond donors (Lipinski definition) is 0. The van der Waals surface area contributed by atoms with Crippen molar-refractivity contribution in [2.75, 3.05) is 7.11 Å². The molecule has 4 nitrogen and oxygen atoms in total. The highest BCUT2D eigenvalue weighted by atomic mass is 35.5. The second kappa shape index (κ2) is 5.67. The lowest BCUT2D eigenvalue weighted by molar-refractivity contribution is 0.367. The minimum absolute atomic E-state index is 0.246. The van der Waals surface area contributed by atoms with Gasteiger partial charge in [0.1, 0.15) is 12.1 Å². The average molecular weight is 291 g/mol. The van der Waals surface area contributed by atoms with E-state index in [0.717, 1.165) is 18.6 Å². The number of benzene rings is 1. The van der Waals surface area contributed by atoms with E-state index in [1.54, 1.807) is 0 Å². The lowest BCUT2D eigenvalue weighted by atomic mass is 9.92. The summed E-state index contributed by atoms with van der Waals surface area (Å²) in [7, 11) is 1.52. The highest BCUT2D eigenvalue weighted by molar-refractivity contribution is 6.31. The number of fused-ring (bicyclic) bond motifs is 1. The lowest BCUT2D eigenvalue weighted by Gasteiger charge is -2.17. The third-order valence-corrected chi connectivity index (χ3v) is 3.74. The Kier molecular flexibility index (Phi) is 3.74. The van der Waals surface area contributed by atoms with Gasteiger partial charge in [-0.2, -0.15) is 4.98 Å². The zero-order chi connectivity index (χ0) is 13.9. The van der Waals surface area contributed by atoms with Crippen molar-refractivity contribution in [1.29, 1.82) is 0 Å². The molecule has 0 radical (unpaired) electrons. The van der Waals surface area contributed by atoms with Crippen molar-refractivity contribution in [1.82, 2.24) is 9.97 Å². The molecule has 20 heavy (non-hydrogen) atoms. The fourth-order valence-corrected chi connectivity index (χ4v) is 2.67. The average Bonchev–Trinajstić information content (AvgIpc) is 2.47. The Morgan fingerprint density at radius 3 is 2.70 bits per heavy atom. The molecular weight excluding hydrogens is 276 g/mol. The number of aryl methyl sites for hydroxylation is 2. The predicted octanol–water partition coefficient (Wildman–Crippen LogP) is 3.81. The van der Waals surface area contributed by atoms with Crippen LogP contribution in [0.15, 0.2) is 24.5 Å². The summed E-state index contributed by atoms with van der Waals surface area (Å²) in [4.78, 5) is 7.95. The van der Waals surface area contributed by atoms with Crippen molar-refractivity contribution >= 4 is 11.6 Å². The molecule has 104 valence electrons. The van der Waals surface area contributed by atoms with Gasteiger partial charge in [0, 0.05) is 0 Å². The Labute approximate surface area is 122 Å². The fourth-order valence-electron chi connectivity index (χ4n) is 2.47. The molecule has 0 aliphatic heterocycles. The van der Waals surface area contributed by atoms with Gasteiger partial charge in [-0.15, -0.1) is 0 Å². The second-order valence-corrected chi connectivity index (χ2v) is 5.10. The molecule has 0 N–H and O–H groups in total. The minimum atomic E-state index is 0.246. The summed E-state index contributed by atoms with van der Waals surface area (Å²) < 4.78 is 11.0. The summed E-state index contributed by atoms with van der Waals surface area (Å²) >= 11 is 5.95. The van der Waals surface area contributed by atoms with Gasteiger partial charge in [-0.1, -0.05) is 17.7 Å². The monoisotopic (exact) mass is 290 g/mol. The van der Waals surface area contributed by atoms with Gasteiger partial charge in [-0.25, -0.2) is 4.98 Å². The normalized spacial score (nSPS) is 13.7. The van der Waals surface area contributed by atoms with Crippen LogP contribution in [0.5, 0.6) is 17.4 Å². The van der Waals surface area contributed by atoms with Gasteiger partial charge < -0.3 is 9.47 Å². The molecule has 5 heteroatoms. The Morgan fingerprint density at radius 2 is 1.90 bits per heavy atom. The van der Waals surface area contributed by atoms with Crippen molar-refractivity contribution in [2.45, 2.75) is 25.7 Å². The largest absolute Gasteiger partial charge is 0.489 e. The SMILES string of the molecule is COc1c(Cl)ncnc1Oc1ccc2c(c1)CCCC2. The quantitative estimate of drug-likeness (QED) is 0.806. The third-order valence-electron chi connectivity index (χ3n) is 3.47. The topological polar surface area (TPSA) is 44.2 Å². The van der Waals surface area contributed by atoms with Gasteiger partial charge in [-0.05, 0) is 48.9 Å². The standard InChI is InChI=1S/C15H15ClN2O2/c1-19-13-14(16)17-9-18-15(13)20-12-7-6-10-4-2-3-5-11(10)8-12/h6-9H,2-5H2,1H3. The maximum atomic E-state index is 5.95. The van der Waals surface area contributed by atoms with Crippen LogP contribution in [0.4, 0.5) is 0 Å². The molecule has 0 bridgehead atoms. The summed E-state index contributed by atoms with van der Waals surface area (Å²) in [6, 6.07) is 6.16. The van der Waals surface area contributed by atoms with Crippen LogP contribution in [-0.4, -0.2) is 17.1 Å². The smallest absolute Gasteiger partial charge is 0.267 e. The molecular formula is C15H15ClN2O2. The van der Waals surface area contributed by atoms with Crippen LogP contribution in [-0.2, 0) is 12.8 Å². The molecule has 0 unspecified atom stereocenters. The second-order valence-electron chi connectivity index (χ2n) is 4.74. The van der Waals surface area contributed by atoms with E-state index in [1.807, 2.05) is 6.07 Å². The molecule has 0 saturated heterocycles. The van der Waals surface area contributed by atoms with Gasteiger partial charge in [-0.3, -0.25) is 0 Å². The molecule has 0 spiro atoms. The number of ether oxygens (including phenoxy) is 2. The fraction of sp³-hybridized carbons (Fsp3) is 0.333. The molecule has 1 aliphatic rings. The van der Waals surface area contributed by atoms with Gasteiger partial charge in [0.2, 0.25) is 5.75 Å². The summed E-state index contributed by atoms with van der Waals surface area (Å²) in [6.45, 7) is 0. The molecule has 1 heterocycles. The predicted molar refractivity (Wildman–Crippen MR) is 76.8 cm³/mol. The molecule has 1 aromatic carbocycles. The third kappa shape index (κ3) is 2.56. The summed E-state index contributed by atoms with van der Waals surface area (Å²) in [5, 5.41) is 0.246. The van der Waals surface area contributed by atoms with E-state index >= 15 is 0 Å². The first-order valence-electron chi connectivity index (χ1n) is 6.62. The molecule has 3 rings (SSSR count). The van der Waals surface area contributed by atoms with Crippen LogP contribution in [0.2, 0.25) is 5.15 Å². The first kappa shape index (κ1) is 13.2. The Bertz CT molecular complexity index is 631. The Hall–Kier alpha value is -1.81. The number of nitrogens with zero attached hydrogens (tertiary/aromatic N) is 2. The number of hydrogen-bond acceptors (Lipinski definition) is 4. The summed E-state index contributed by atoms with van der Waals surface area (Å²) in [6.07, 6.45) is 6.12. The molecule has 0 saturated carbocycles. The Morgan fingerprint density at radius 1 is 1.10 bits per heavy atom. The van der Waals surface area contributed by atoms with Crippen LogP contribution >= 0.6 is 11.6 Å². The van der Waals surface area contributed by atoms with E-state index in [1.165, 1.54) is 37.4 Å². The van der Waals surface area contributed by atoms with Crippen molar-refractivity contribution in [2.24, 2.45) is 0 Å². The van der Waals surface area contributed by atoms with E-state index < -0.39 is 0 Å². The number of methoxy groups -OCH3 is 1. The van der Waals surface area contributed by atoms with Crippen LogP contribution in [0.1, 0.15) is 24.0 Å². The molecule has 1 aromatic heterocycles. The molecule has 0 fully saturated rings. The Balaban J connectivity index is 1.90. The van der Waals surface area contributed by atoms with Crippen molar-refractivity contribution in [3.05, 3.63) is 40.8 Å². The number of rotatable bonds is 3. The van der Waals surface area contributed by atoms with E-state index in [0.29, 0.717) is 11.6 Å². The van der Waals surface area contributed by atoms with E-state index in [4.69, 9.17) is 21.1 Å². The first-order chi connectivity index (χ1) is 9.78. The van der Waals surface area contributed by atoms with Crippen molar-refractivity contribution in [3.8, 4) is 17.4 Å². The minimum Gasteiger partial charge on any atom is -0.489 e. The van der Waals surface area contributed by atoms with E-state index in [9.17, 15) is 0 Å². The number of halogens is 1. The van der Waals surface area contributed by atoms with Crippen molar-refractivity contribution in [3.63, 3.8) is 0 Å².